The molecule has 0 spiro atoms. The molecule has 0 N–H and O–H groups in total. The first-order chi connectivity index (χ1) is 11.6. The molecule has 3 rings (SSSR count). The number of ether oxygens (including phenoxy) is 2. The molecule has 5 nitrogen and oxygen atoms in total. The number of carbonyl (C=O) groups excluding carboxylic acids is 1. The molecule has 0 fully saturated rings. The van der Waals surface area contributed by atoms with E-state index in [1.807, 2.05) is 37.3 Å². The van der Waals surface area contributed by atoms with Gasteiger partial charge in [0, 0.05) is 11.6 Å². The van der Waals surface area contributed by atoms with Gasteiger partial charge in [0.05, 0.1) is 31.9 Å². The zero-order valence-electron chi connectivity index (χ0n) is 13.8. The van der Waals surface area contributed by atoms with Gasteiger partial charge in [0.2, 0.25) is 0 Å². The number of methoxy groups -OCH3 is 2. The number of hydrogen-bond acceptors (Lipinski definition) is 4. The fraction of sp³-hybridized carbons (Fsp3) is 0.263. The first-order valence-corrected chi connectivity index (χ1v) is 7.65. The van der Waals surface area contributed by atoms with Gasteiger partial charge in [-0.2, -0.15) is 5.26 Å². The van der Waals surface area contributed by atoms with Gasteiger partial charge in [-0.05, 0) is 18.6 Å². The van der Waals surface area contributed by atoms with Gasteiger partial charge in [0.15, 0.2) is 0 Å². The maximum absolute atomic E-state index is 13.0. The van der Waals surface area contributed by atoms with Crippen molar-refractivity contribution in [3.05, 3.63) is 59.2 Å². The lowest BCUT2D eigenvalue weighted by molar-refractivity contribution is 0.0686. The molecule has 0 aromatic heterocycles. The van der Waals surface area contributed by atoms with E-state index in [0.29, 0.717) is 22.6 Å². The third-order valence-electron chi connectivity index (χ3n) is 4.41. The summed E-state index contributed by atoms with van der Waals surface area (Å²) < 4.78 is 10.6. The van der Waals surface area contributed by atoms with Gasteiger partial charge >= 0.3 is 0 Å². The molecule has 2 atom stereocenters. The molecule has 1 aliphatic heterocycles. The molecule has 0 bridgehead atoms. The lowest BCUT2D eigenvalue weighted by Crippen LogP contribution is -2.30. The average molecular weight is 322 g/mol. The zero-order valence-corrected chi connectivity index (χ0v) is 13.8. The van der Waals surface area contributed by atoms with E-state index >= 15 is 0 Å². The number of carbonyl (C=O) groups is 1. The number of amides is 1. The Balaban J connectivity index is 2.11. The molecule has 1 amide bonds. The number of hydrogen-bond donors (Lipinski definition) is 0. The minimum Gasteiger partial charge on any atom is -0.497 e. The topological polar surface area (TPSA) is 62.6 Å². The minimum atomic E-state index is -0.691. The van der Waals surface area contributed by atoms with Crippen LogP contribution in [0.25, 0.3) is 0 Å². The van der Waals surface area contributed by atoms with Crippen LogP contribution in [-0.2, 0) is 0 Å². The Morgan fingerprint density at radius 2 is 1.88 bits per heavy atom. The second kappa shape index (κ2) is 6.25. The molecule has 5 heteroatoms. The molecular weight excluding hydrogens is 304 g/mol. The lowest BCUT2D eigenvalue weighted by atomic mass is 10.0. The monoisotopic (exact) mass is 322 g/mol. The number of fused-ring (bicyclic) bond motifs is 1. The van der Waals surface area contributed by atoms with Crippen LogP contribution in [0.15, 0.2) is 42.5 Å². The average Bonchev–Trinajstić information content (AvgIpc) is 2.93. The first kappa shape index (κ1) is 15.9. The van der Waals surface area contributed by atoms with Crippen LogP contribution in [0.2, 0.25) is 0 Å². The molecule has 1 heterocycles. The Morgan fingerprint density at radius 3 is 2.46 bits per heavy atom. The molecule has 0 saturated carbocycles. The predicted octanol–water partition coefficient (Wildman–Crippen LogP) is 3.49. The van der Waals surface area contributed by atoms with E-state index in [9.17, 15) is 10.1 Å². The highest BCUT2D eigenvalue weighted by molar-refractivity contribution is 6.01. The summed E-state index contributed by atoms with van der Waals surface area (Å²) in [7, 11) is 3.06. The van der Waals surface area contributed by atoms with Crippen molar-refractivity contribution in [3.63, 3.8) is 0 Å². The molecule has 2 unspecified atom stereocenters. The van der Waals surface area contributed by atoms with Crippen LogP contribution in [-0.4, -0.2) is 25.0 Å². The highest BCUT2D eigenvalue weighted by Gasteiger charge is 2.42. The molecule has 24 heavy (non-hydrogen) atoms. The third-order valence-corrected chi connectivity index (χ3v) is 4.41. The Kier molecular flexibility index (Phi) is 4.13. The van der Waals surface area contributed by atoms with Gasteiger partial charge in [-0.25, -0.2) is 0 Å². The van der Waals surface area contributed by atoms with Crippen molar-refractivity contribution < 1.29 is 14.3 Å². The Morgan fingerprint density at radius 1 is 1.17 bits per heavy atom. The Hall–Kier alpha value is -3.00. The summed E-state index contributed by atoms with van der Waals surface area (Å²) in [5.41, 5.74) is 2.04. The van der Waals surface area contributed by atoms with E-state index in [0.717, 1.165) is 5.56 Å². The van der Waals surface area contributed by atoms with Crippen LogP contribution in [0.4, 0.5) is 0 Å². The van der Waals surface area contributed by atoms with E-state index in [-0.39, 0.29) is 11.9 Å². The zero-order chi connectivity index (χ0) is 17.3. The third kappa shape index (κ3) is 2.37. The van der Waals surface area contributed by atoms with Crippen molar-refractivity contribution >= 4 is 5.91 Å². The molecule has 2 aromatic carbocycles. The van der Waals surface area contributed by atoms with Crippen LogP contribution in [0.3, 0.4) is 0 Å². The van der Waals surface area contributed by atoms with E-state index in [1.54, 1.807) is 17.0 Å². The highest BCUT2D eigenvalue weighted by atomic mass is 16.5. The van der Waals surface area contributed by atoms with Crippen molar-refractivity contribution in [2.75, 3.05) is 14.2 Å². The Labute approximate surface area is 141 Å². The van der Waals surface area contributed by atoms with Crippen LogP contribution < -0.4 is 9.47 Å². The summed E-state index contributed by atoms with van der Waals surface area (Å²) in [6.45, 7) is 1.92. The van der Waals surface area contributed by atoms with Gasteiger partial charge in [-0.1, -0.05) is 30.3 Å². The molecule has 0 saturated heterocycles. The summed E-state index contributed by atoms with van der Waals surface area (Å²) in [5, 5.41) is 9.71. The van der Waals surface area contributed by atoms with Crippen molar-refractivity contribution in [3.8, 4) is 17.6 Å². The maximum atomic E-state index is 13.0. The van der Waals surface area contributed by atoms with E-state index in [4.69, 9.17) is 9.47 Å². The maximum Gasteiger partial charge on any atom is 0.256 e. The summed E-state index contributed by atoms with van der Waals surface area (Å²) in [4.78, 5) is 14.6. The molecule has 2 aromatic rings. The smallest absolute Gasteiger partial charge is 0.256 e. The second-order valence-electron chi connectivity index (χ2n) is 5.62. The summed E-state index contributed by atoms with van der Waals surface area (Å²) in [5.74, 6) is 0.835. The van der Waals surface area contributed by atoms with Gasteiger partial charge in [-0.3, -0.25) is 4.79 Å². The molecule has 0 radical (unpaired) electrons. The first-order valence-electron chi connectivity index (χ1n) is 7.65. The fourth-order valence-corrected chi connectivity index (χ4v) is 3.16. The summed E-state index contributed by atoms with van der Waals surface area (Å²) >= 11 is 0. The quantitative estimate of drug-likeness (QED) is 0.864. The lowest BCUT2D eigenvalue weighted by Gasteiger charge is -2.28. The van der Waals surface area contributed by atoms with Crippen molar-refractivity contribution in [2.45, 2.75) is 19.0 Å². The molecule has 1 aliphatic rings. The second-order valence-corrected chi connectivity index (χ2v) is 5.62. The summed E-state index contributed by atoms with van der Waals surface area (Å²) in [6.07, 6.45) is 0. The van der Waals surface area contributed by atoms with Crippen LogP contribution in [0, 0.1) is 11.3 Å². The molecule has 0 aliphatic carbocycles. The van der Waals surface area contributed by atoms with Crippen LogP contribution >= 0.6 is 0 Å². The number of rotatable bonds is 4. The molecular formula is C19H18N2O3. The van der Waals surface area contributed by atoms with Crippen LogP contribution in [0.5, 0.6) is 11.5 Å². The highest BCUT2D eigenvalue weighted by Crippen LogP contribution is 2.45. The van der Waals surface area contributed by atoms with Gasteiger partial charge in [0.25, 0.3) is 5.91 Å². The minimum absolute atomic E-state index is 0.190. The number of benzene rings is 2. The fourth-order valence-electron chi connectivity index (χ4n) is 3.16. The largest absolute Gasteiger partial charge is 0.497 e. The van der Waals surface area contributed by atoms with Gasteiger partial charge in [-0.15, -0.1) is 0 Å². The standard InChI is InChI=1S/C19H18N2O3/c1-12(13-7-5-4-6-8-13)21-16(11-20)18-15(19(21)22)9-14(23-2)10-17(18)24-3/h4-10,12,16H,1-3H3. The number of nitrogens with zero attached hydrogens (tertiary/aromatic N) is 2. The van der Waals surface area contributed by atoms with Crippen molar-refractivity contribution in [2.24, 2.45) is 0 Å². The predicted molar refractivity (Wildman–Crippen MR) is 88.9 cm³/mol. The SMILES string of the molecule is COc1cc(OC)c2c(c1)C(=O)N(C(C)c1ccccc1)C2C#N. The van der Waals surface area contributed by atoms with E-state index < -0.39 is 6.04 Å². The number of nitriles is 1. The van der Waals surface area contributed by atoms with Crippen molar-refractivity contribution in [1.82, 2.24) is 4.90 Å². The molecule has 122 valence electrons. The van der Waals surface area contributed by atoms with E-state index in [1.165, 1.54) is 14.2 Å². The van der Waals surface area contributed by atoms with Gasteiger partial charge < -0.3 is 14.4 Å². The van der Waals surface area contributed by atoms with Crippen molar-refractivity contribution in [1.29, 1.82) is 5.26 Å². The normalized spacial score (nSPS) is 17.2. The van der Waals surface area contributed by atoms with E-state index in [2.05, 4.69) is 6.07 Å². The Bertz CT molecular complexity index is 811. The summed E-state index contributed by atoms with van der Waals surface area (Å²) in [6, 6.07) is 14.4. The van der Waals surface area contributed by atoms with Gasteiger partial charge in [0.1, 0.15) is 17.5 Å². The van der Waals surface area contributed by atoms with Crippen LogP contribution in [0.1, 0.15) is 40.5 Å².